The number of nitrogens with zero attached hydrogens (tertiary/aromatic N) is 2. The first kappa shape index (κ1) is 32.1. The summed E-state index contributed by atoms with van der Waals surface area (Å²) in [6, 6.07) is 12.8. The quantitative estimate of drug-likeness (QED) is 0.187. The summed E-state index contributed by atoms with van der Waals surface area (Å²) in [5.41, 5.74) is 2.20. The van der Waals surface area contributed by atoms with E-state index in [1.807, 2.05) is 0 Å². The summed E-state index contributed by atoms with van der Waals surface area (Å²) in [7, 11) is 4.31. The molecule has 13 heteroatoms. The molecule has 5 rings (SSSR count). The average Bonchev–Trinajstić information content (AvgIpc) is 3.30. The number of rotatable bonds is 8. The van der Waals surface area contributed by atoms with Crippen molar-refractivity contribution < 1.29 is 23.7 Å². The van der Waals surface area contributed by atoms with Gasteiger partial charge < -0.3 is 18.9 Å². The zero-order valence-corrected chi connectivity index (χ0v) is 28.4. The number of methoxy groups -OCH3 is 3. The molecule has 0 radical (unpaired) electrons. The summed E-state index contributed by atoms with van der Waals surface area (Å²) in [6.07, 6.45) is 1.72. The molecule has 1 atom stereocenters. The first-order chi connectivity index (χ1) is 21.1. The number of allylic oxidation sites excluding steroid dienone is 1. The molecule has 0 saturated heterocycles. The number of carbonyl (C=O) groups excluding carboxylic acids is 1. The molecule has 0 bridgehead atoms. The van der Waals surface area contributed by atoms with Gasteiger partial charge in [-0.25, -0.2) is 9.79 Å². The van der Waals surface area contributed by atoms with E-state index in [4.69, 9.17) is 53.8 Å². The minimum atomic E-state index is -0.886. The van der Waals surface area contributed by atoms with Gasteiger partial charge in [0.05, 0.1) is 37.1 Å². The van der Waals surface area contributed by atoms with E-state index in [1.54, 1.807) is 61.5 Å². The van der Waals surface area contributed by atoms with E-state index < -0.39 is 12.0 Å². The maximum Gasteiger partial charge on any atom is 0.338 e. The van der Waals surface area contributed by atoms with E-state index in [0.29, 0.717) is 62.9 Å². The number of thiazole rings is 1. The third-order valence-corrected chi connectivity index (χ3v) is 9.37. The van der Waals surface area contributed by atoms with Crippen molar-refractivity contribution in [1.29, 1.82) is 0 Å². The molecular weight excluding hydrogens is 715 g/mol. The fourth-order valence-electron chi connectivity index (χ4n) is 4.78. The molecule has 8 nitrogen and oxygen atoms in total. The molecule has 3 aromatic carbocycles. The molecule has 1 aromatic heterocycles. The monoisotopic (exact) mass is 736 g/mol. The van der Waals surface area contributed by atoms with Crippen LogP contribution in [-0.4, -0.2) is 31.9 Å². The van der Waals surface area contributed by atoms with E-state index in [1.165, 1.54) is 37.2 Å². The highest BCUT2D eigenvalue weighted by molar-refractivity contribution is 9.10. The van der Waals surface area contributed by atoms with Crippen LogP contribution in [0, 0.1) is 0 Å². The largest absolute Gasteiger partial charge is 0.496 e. The van der Waals surface area contributed by atoms with Crippen molar-refractivity contribution in [2.75, 3.05) is 21.3 Å². The normalized spacial score (nSPS) is 14.6. The van der Waals surface area contributed by atoms with Gasteiger partial charge in [-0.15, -0.1) is 0 Å². The predicted octanol–water partition coefficient (Wildman–Crippen LogP) is 6.73. The lowest BCUT2D eigenvalue weighted by atomic mass is 9.95. The van der Waals surface area contributed by atoms with Crippen LogP contribution in [0.15, 0.2) is 74.1 Å². The van der Waals surface area contributed by atoms with Gasteiger partial charge in [0.15, 0.2) is 16.3 Å². The fraction of sp³-hybridized carbons (Fsp3) is 0.194. The highest BCUT2D eigenvalue weighted by Gasteiger charge is 2.35. The molecule has 0 unspecified atom stereocenters. The summed E-state index contributed by atoms with van der Waals surface area (Å²) in [5.74, 6) is 0.752. The van der Waals surface area contributed by atoms with Crippen molar-refractivity contribution in [3.05, 3.63) is 116 Å². The van der Waals surface area contributed by atoms with Crippen molar-refractivity contribution in [3.63, 3.8) is 0 Å². The molecule has 4 aromatic rings. The number of halogens is 4. The fourth-order valence-corrected chi connectivity index (χ4v) is 6.89. The van der Waals surface area contributed by atoms with Crippen molar-refractivity contribution in [3.8, 4) is 17.2 Å². The van der Waals surface area contributed by atoms with Crippen molar-refractivity contribution in [2.45, 2.75) is 19.6 Å². The molecule has 2 heterocycles. The van der Waals surface area contributed by atoms with Gasteiger partial charge in [-0.1, -0.05) is 68.1 Å². The molecule has 0 fully saturated rings. The Balaban J connectivity index is 1.61. The van der Waals surface area contributed by atoms with Gasteiger partial charge in [0.1, 0.15) is 18.4 Å². The summed E-state index contributed by atoms with van der Waals surface area (Å²) < 4.78 is 24.8. The van der Waals surface area contributed by atoms with Gasteiger partial charge in [-0.05, 0) is 61.0 Å². The van der Waals surface area contributed by atoms with Crippen LogP contribution >= 0.6 is 62.1 Å². The van der Waals surface area contributed by atoms with Crippen LogP contribution in [0.5, 0.6) is 17.2 Å². The van der Waals surface area contributed by atoms with E-state index in [2.05, 4.69) is 20.9 Å². The minimum absolute atomic E-state index is 0.186. The zero-order valence-electron chi connectivity index (χ0n) is 23.7. The molecule has 44 heavy (non-hydrogen) atoms. The number of ether oxygens (including phenoxy) is 4. The number of hydrogen-bond donors (Lipinski definition) is 0. The Bertz CT molecular complexity index is 2010. The van der Waals surface area contributed by atoms with Crippen molar-refractivity contribution in [1.82, 2.24) is 4.57 Å². The molecule has 1 aliphatic rings. The first-order valence-corrected chi connectivity index (χ1v) is 15.7. The van der Waals surface area contributed by atoms with Gasteiger partial charge >= 0.3 is 5.97 Å². The molecular formula is C31H24BrCl3N2O6S. The van der Waals surface area contributed by atoms with E-state index in [-0.39, 0.29) is 17.7 Å². The molecule has 0 saturated carbocycles. The van der Waals surface area contributed by atoms with Crippen LogP contribution in [0.2, 0.25) is 15.1 Å². The van der Waals surface area contributed by atoms with E-state index in [0.717, 1.165) is 5.56 Å². The second kappa shape index (κ2) is 13.4. The molecule has 1 aliphatic heterocycles. The molecule has 0 N–H and O–H groups in total. The molecule has 228 valence electrons. The van der Waals surface area contributed by atoms with Gasteiger partial charge in [0.25, 0.3) is 5.56 Å². The lowest BCUT2D eigenvalue weighted by Crippen LogP contribution is -2.40. The summed E-state index contributed by atoms with van der Waals surface area (Å²) in [5, 5.41) is 1.43. The highest BCUT2D eigenvalue weighted by Crippen LogP contribution is 2.38. The number of fused-ring (bicyclic) bond motifs is 1. The maximum absolute atomic E-state index is 14.0. The Morgan fingerprint density at radius 2 is 1.70 bits per heavy atom. The maximum atomic E-state index is 14.0. The number of esters is 1. The smallest absolute Gasteiger partial charge is 0.338 e. The van der Waals surface area contributed by atoms with Gasteiger partial charge in [0.2, 0.25) is 0 Å². The summed E-state index contributed by atoms with van der Waals surface area (Å²) in [4.78, 5) is 32.1. The summed E-state index contributed by atoms with van der Waals surface area (Å²) in [6.45, 7) is 1.89. The highest BCUT2D eigenvalue weighted by atomic mass is 79.9. The number of hydrogen-bond acceptors (Lipinski definition) is 8. The Morgan fingerprint density at radius 3 is 2.39 bits per heavy atom. The van der Waals surface area contributed by atoms with Gasteiger partial charge in [-0.3, -0.25) is 9.36 Å². The van der Waals surface area contributed by atoms with Gasteiger partial charge in [0, 0.05) is 30.7 Å². The Morgan fingerprint density at radius 1 is 1.00 bits per heavy atom. The minimum Gasteiger partial charge on any atom is -0.496 e. The zero-order chi connectivity index (χ0) is 31.7. The Kier molecular flexibility index (Phi) is 9.77. The van der Waals surface area contributed by atoms with Crippen LogP contribution in [0.1, 0.15) is 29.7 Å². The van der Waals surface area contributed by atoms with Crippen LogP contribution in [0.25, 0.3) is 6.08 Å². The number of carbonyl (C=O) groups is 1. The Labute approximate surface area is 279 Å². The standard InChI is InChI=1S/C31H24BrCl3N2O6S/c1-15-27(30(39)42-4)28(20-11-18(33)7-8-23(20)40-2)37-29(38)26(44-31(37)36-15)10-17-9-24(41-3)25(13-21(17)32)43-14-16-5-6-19(34)12-22(16)35/h5-13,28H,14H2,1-4H3/b26-10-/t28-/m1/s1. The van der Waals surface area contributed by atoms with Gasteiger partial charge in [-0.2, -0.15) is 0 Å². The van der Waals surface area contributed by atoms with Crippen molar-refractivity contribution >= 4 is 74.1 Å². The van der Waals surface area contributed by atoms with E-state index in [9.17, 15) is 9.59 Å². The summed E-state index contributed by atoms with van der Waals surface area (Å²) >= 11 is 23.5. The lowest BCUT2D eigenvalue weighted by molar-refractivity contribution is -0.136. The lowest BCUT2D eigenvalue weighted by Gasteiger charge is -2.25. The van der Waals surface area contributed by atoms with Crippen LogP contribution in [0.4, 0.5) is 0 Å². The SMILES string of the molecule is COC(=O)C1=C(C)N=c2s/c(=C\c3cc(OC)c(OCc4ccc(Cl)cc4Cl)cc3Br)c(=O)n2[C@@H]1c1cc(Cl)ccc1OC. The first-order valence-electron chi connectivity index (χ1n) is 12.9. The van der Waals surface area contributed by atoms with E-state index >= 15 is 0 Å². The number of aromatic nitrogens is 1. The van der Waals surface area contributed by atoms with Crippen LogP contribution in [-0.2, 0) is 16.1 Å². The Hall–Kier alpha value is -3.28. The third-order valence-electron chi connectivity index (χ3n) is 6.88. The van der Waals surface area contributed by atoms with Crippen LogP contribution in [0.3, 0.4) is 0 Å². The van der Waals surface area contributed by atoms with Crippen molar-refractivity contribution in [2.24, 2.45) is 4.99 Å². The molecule has 0 aliphatic carbocycles. The number of benzene rings is 3. The van der Waals surface area contributed by atoms with Crippen LogP contribution < -0.4 is 29.1 Å². The topological polar surface area (TPSA) is 88.4 Å². The molecule has 0 spiro atoms. The average molecular weight is 739 g/mol. The predicted molar refractivity (Wildman–Crippen MR) is 175 cm³/mol. The second-order valence-corrected chi connectivity index (χ2v) is 12.7. The molecule has 0 amide bonds. The second-order valence-electron chi connectivity index (χ2n) is 9.51. The third kappa shape index (κ3) is 6.27.